The number of fused-ring (bicyclic) bond motifs is 2. The predicted molar refractivity (Wildman–Crippen MR) is 109 cm³/mol. The van der Waals surface area contributed by atoms with Crippen molar-refractivity contribution >= 4 is 5.57 Å². The molecule has 132 valence electrons. The molecule has 0 aliphatic heterocycles. The van der Waals surface area contributed by atoms with E-state index in [0.717, 1.165) is 6.42 Å². The van der Waals surface area contributed by atoms with Crippen LogP contribution >= 0.6 is 0 Å². The Morgan fingerprint density at radius 1 is 0.960 bits per heavy atom. The number of benzene rings is 1. The maximum absolute atomic E-state index is 2.53. The van der Waals surface area contributed by atoms with Gasteiger partial charge in [0.1, 0.15) is 0 Å². The van der Waals surface area contributed by atoms with Crippen molar-refractivity contribution < 1.29 is 0 Å². The number of allylic oxidation sites excluding steroid dienone is 6. The van der Waals surface area contributed by atoms with Gasteiger partial charge in [-0.2, -0.15) is 0 Å². The minimum atomic E-state index is 0.121. The summed E-state index contributed by atoms with van der Waals surface area (Å²) in [6.45, 7) is 17.0. The van der Waals surface area contributed by atoms with Gasteiger partial charge < -0.3 is 0 Å². The standard InChI is InChI=1S/C25H32/c1-23(2,3)21-17-12-14-18-20(16-10-8-9-11-16)19(15-13-17)25(7,22(18)21)24(4,5)6/h8-10,12,14H,11,13,15H2,1-7H3. The predicted octanol–water partition coefficient (Wildman–Crippen LogP) is 6.89. The van der Waals surface area contributed by atoms with Crippen LogP contribution in [0.4, 0.5) is 0 Å². The topological polar surface area (TPSA) is 0 Å². The Morgan fingerprint density at radius 2 is 1.68 bits per heavy atom. The van der Waals surface area contributed by atoms with E-state index < -0.39 is 0 Å². The molecule has 25 heavy (non-hydrogen) atoms. The lowest BCUT2D eigenvalue weighted by Gasteiger charge is -2.44. The van der Waals surface area contributed by atoms with Crippen LogP contribution in [0.15, 0.2) is 41.5 Å². The van der Waals surface area contributed by atoms with E-state index in [1.807, 2.05) is 0 Å². The molecular weight excluding hydrogens is 300 g/mol. The van der Waals surface area contributed by atoms with Crippen molar-refractivity contribution in [2.75, 3.05) is 0 Å². The second kappa shape index (κ2) is 5.00. The van der Waals surface area contributed by atoms with Crippen LogP contribution in [0.3, 0.4) is 0 Å². The zero-order chi connectivity index (χ0) is 18.2. The van der Waals surface area contributed by atoms with Gasteiger partial charge in [0.05, 0.1) is 0 Å². The molecule has 0 aromatic heterocycles. The van der Waals surface area contributed by atoms with Crippen LogP contribution in [0.5, 0.6) is 0 Å². The van der Waals surface area contributed by atoms with Gasteiger partial charge in [0, 0.05) is 5.41 Å². The minimum Gasteiger partial charge on any atom is -0.0801 e. The zero-order valence-electron chi connectivity index (χ0n) is 17.0. The Kier molecular flexibility index (Phi) is 3.37. The molecule has 0 saturated heterocycles. The summed E-state index contributed by atoms with van der Waals surface area (Å²) in [7, 11) is 0. The largest absolute Gasteiger partial charge is 0.0801 e. The summed E-state index contributed by atoms with van der Waals surface area (Å²) < 4.78 is 0. The summed E-state index contributed by atoms with van der Waals surface area (Å²) in [5.74, 6) is 0. The Balaban J connectivity index is 2.13. The van der Waals surface area contributed by atoms with Crippen molar-refractivity contribution in [2.45, 2.75) is 78.6 Å². The maximum atomic E-state index is 2.53. The maximum Gasteiger partial charge on any atom is 0.0200 e. The second-order valence-electron chi connectivity index (χ2n) is 10.3. The molecule has 0 fully saturated rings. The van der Waals surface area contributed by atoms with E-state index in [0.29, 0.717) is 0 Å². The van der Waals surface area contributed by atoms with Crippen LogP contribution in [-0.2, 0) is 17.3 Å². The molecule has 0 radical (unpaired) electrons. The first kappa shape index (κ1) is 16.9. The van der Waals surface area contributed by atoms with Gasteiger partial charge in [-0.15, -0.1) is 0 Å². The fourth-order valence-corrected chi connectivity index (χ4v) is 5.46. The molecule has 3 aliphatic rings. The summed E-state index contributed by atoms with van der Waals surface area (Å²) in [5, 5.41) is 0. The zero-order valence-corrected chi connectivity index (χ0v) is 17.0. The van der Waals surface area contributed by atoms with E-state index in [-0.39, 0.29) is 16.2 Å². The number of hydrogen-bond acceptors (Lipinski definition) is 0. The first-order valence-corrected chi connectivity index (χ1v) is 9.83. The molecule has 0 saturated carbocycles. The quantitative estimate of drug-likeness (QED) is 0.525. The summed E-state index contributed by atoms with van der Waals surface area (Å²) in [4.78, 5) is 0. The van der Waals surface area contributed by atoms with Crippen LogP contribution in [0.2, 0.25) is 0 Å². The molecule has 1 aromatic carbocycles. The van der Waals surface area contributed by atoms with Crippen molar-refractivity contribution in [1.29, 1.82) is 0 Å². The van der Waals surface area contributed by atoms with E-state index in [9.17, 15) is 0 Å². The lowest BCUT2D eigenvalue weighted by molar-refractivity contribution is 0.242. The molecule has 0 spiro atoms. The normalized spacial score (nSPS) is 25.0. The molecule has 0 heteroatoms. The smallest absolute Gasteiger partial charge is 0.0200 e. The molecule has 1 aromatic rings. The van der Waals surface area contributed by atoms with Gasteiger partial charge >= 0.3 is 0 Å². The Bertz CT molecular complexity index is 843. The van der Waals surface area contributed by atoms with E-state index in [2.05, 4.69) is 78.8 Å². The highest BCUT2D eigenvalue weighted by Gasteiger charge is 2.52. The van der Waals surface area contributed by atoms with Gasteiger partial charge in [-0.25, -0.2) is 0 Å². The number of rotatable bonds is 1. The van der Waals surface area contributed by atoms with Crippen LogP contribution in [-0.4, -0.2) is 0 Å². The molecule has 0 amide bonds. The van der Waals surface area contributed by atoms with E-state index >= 15 is 0 Å². The van der Waals surface area contributed by atoms with Gasteiger partial charge in [-0.05, 0) is 63.5 Å². The van der Waals surface area contributed by atoms with Gasteiger partial charge in [0.15, 0.2) is 0 Å². The molecule has 1 unspecified atom stereocenters. The molecule has 4 rings (SSSR count). The van der Waals surface area contributed by atoms with E-state index in [4.69, 9.17) is 0 Å². The van der Waals surface area contributed by atoms with Crippen LogP contribution in [0.1, 0.15) is 83.6 Å². The molecule has 0 nitrogen and oxygen atoms in total. The van der Waals surface area contributed by atoms with Gasteiger partial charge in [-0.1, -0.05) is 84.4 Å². The second-order valence-corrected chi connectivity index (χ2v) is 10.3. The Hall–Kier alpha value is -1.56. The Morgan fingerprint density at radius 3 is 2.24 bits per heavy atom. The van der Waals surface area contributed by atoms with Crippen molar-refractivity contribution in [3.63, 3.8) is 0 Å². The first-order chi connectivity index (χ1) is 11.6. The van der Waals surface area contributed by atoms with Crippen LogP contribution in [0, 0.1) is 5.41 Å². The summed E-state index contributed by atoms with van der Waals surface area (Å²) >= 11 is 0. The van der Waals surface area contributed by atoms with Gasteiger partial charge in [0.2, 0.25) is 0 Å². The van der Waals surface area contributed by atoms with Gasteiger partial charge in [0.25, 0.3) is 0 Å². The monoisotopic (exact) mass is 332 g/mol. The molecule has 3 aliphatic carbocycles. The fourth-order valence-electron chi connectivity index (χ4n) is 5.46. The van der Waals surface area contributed by atoms with Crippen molar-refractivity contribution in [2.24, 2.45) is 5.41 Å². The van der Waals surface area contributed by atoms with Crippen molar-refractivity contribution in [1.82, 2.24) is 0 Å². The van der Waals surface area contributed by atoms with E-state index in [1.54, 1.807) is 27.8 Å². The minimum absolute atomic E-state index is 0.121. The lowest BCUT2D eigenvalue weighted by atomic mass is 9.59. The number of aryl methyl sites for hydroxylation is 1. The third-order valence-corrected chi connectivity index (χ3v) is 6.95. The van der Waals surface area contributed by atoms with Crippen molar-refractivity contribution in [3.8, 4) is 0 Å². The SMILES string of the molecule is CC(C)(C)c1c2ccc3c1C(C)(C(C)(C)C)C(=C3C1=CC=CC1)CC2. The Labute approximate surface area is 153 Å². The highest BCUT2D eigenvalue weighted by atomic mass is 14.6. The van der Waals surface area contributed by atoms with Crippen LogP contribution < -0.4 is 0 Å². The average molecular weight is 333 g/mol. The third-order valence-electron chi connectivity index (χ3n) is 6.95. The summed E-state index contributed by atoms with van der Waals surface area (Å²) in [6, 6.07) is 4.86. The number of hydrogen-bond donors (Lipinski definition) is 0. The van der Waals surface area contributed by atoms with Gasteiger partial charge in [-0.3, -0.25) is 0 Å². The fraction of sp³-hybridized carbons (Fsp3) is 0.520. The average Bonchev–Trinajstić information content (AvgIpc) is 3.03. The first-order valence-electron chi connectivity index (χ1n) is 9.83. The molecule has 0 heterocycles. The van der Waals surface area contributed by atoms with Crippen LogP contribution in [0.25, 0.3) is 5.57 Å². The van der Waals surface area contributed by atoms with Crippen molar-refractivity contribution in [3.05, 3.63) is 63.8 Å². The van der Waals surface area contributed by atoms with E-state index in [1.165, 1.54) is 24.0 Å². The molecule has 0 N–H and O–H groups in total. The summed E-state index contributed by atoms with van der Waals surface area (Å²) in [5.41, 5.74) is 11.7. The lowest BCUT2D eigenvalue weighted by Crippen LogP contribution is -2.39. The molecule has 1 atom stereocenters. The highest BCUT2D eigenvalue weighted by molar-refractivity contribution is 5.92. The molecule has 3 bridgehead atoms. The summed E-state index contributed by atoms with van der Waals surface area (Å²) in [6.07, 6.45) is 10.4. The highest BCUT2D eigenvalue weighted by Crippen LogP contribution is 2.62. The molecular formula is C25H32. The third kappa shape index (κ3) is 2.12.